The van der Waals surface area contributed by atoms with E-state index in [2.05, 4.69) is 15.0 Å². The van der Waals surface area contributed by atoms with Crippen molar-refractivity contribution in [3.8, 4) is 17.2 Å². The van der Waals surface area contributed by atoms with E-state index in [1.807, 2.05) is 20.8 Å². The summed E-state index contributed by atoms with van der Waals surface area (Å²) < 4.78 is 44.3. The third kappa shape index (κ3) is 6.14. The van der Waals surface area contributed by atoms with Gasteiger partial charge in [0.05, 0.1) is 24.7 Å². The SMILES string of the molecule is CCOc1cc(C(=O)Nc2ccc(S(=O)(=O)Nc3nccs3)cc2)cc(OCC)c1OCC. The number of rotatable bonds is 11. The molecular formula is C22H25N3O6S2. The van der Waals surface area contributed by atoms with Crippen LogP contribution in [-0.2, 0) is 10.0 Å². The lowest BCUT2D eigenvalue weighted by atomic mass is 10.1. The van der Waals surface area contributed by atoms with Gasteiger partial charge >= 0.3 is 0 Å². The summed E-state index contributed by atoms with van der Waals surface area (Å²) in [6, 6.07) is 9.00. The second-order valence-corrected chi connectivity index (χ2v) is 9.10. The topological polar surface area (TPSA) is 116 Å². The third-order valence-corrected chi connectivity index (χ3v) is 6.42. The number of aromatic nitrogens is 1. The summed E-state index contributed by atoms with van der Waals surface area (Å²) in [5.41, 5.74) is 0.741. The van der Waals surface area contributed by atoms with Crippen molar-refractivity contribution >= 4 is 38.1 Å². The first-order chi connectivity index (χ1) is 15.9. The molecule has 1 heterocycles. The minimum Gasteiger partial charge on any atom is -0.490 e. The first-order valence-electron chi connectivity index (χ1n) is 10.3. The van der Waals surface area contributed by atoms with Gasteiger partial charge in [-0.3, -0.25) is 9.52 Å². The van der Waals surface area contributed by atoms with Crippen molar-refractivity contribution in [2.45, 2.75) is 25.7 Å². The average Bonchev–Trinajstić information content (AvgIpc) is 3.29. The van der Waals surface area contributed by atoms with Crippen LogP contribution in [0.25, 0.3) is 0 Å². The highest BCUT2D eigenvalue weighted by atomic mass is 32.2. The average molecular weight is 492 g/mol. The highest BCUT2D eigenvalue weighted by Crippen LogP contribution is 2.39. The van der Waals surface area contributed by atoms with E-state index in [9.17, 15) is 13.2 Å². The molecule has 11 heteroatoms. The lowest BCUT2D eigenvalue weighted by Gasteiger charge is -2.17. The van der Waals surface area contributed by atoms with Crippen LogP contribution in [0.2, 0.25) is 0 Å². The molecule has 3 aromatic rings. The normalized spacial score (nSPS) is 11.0. The van der Waals surface area contributed by atoms with Crippen LogP contribution in [0.5, 0.6) is 17.2 Å². The Balaban J connectivity index is 1.80. The van der Waals surface area contributed by atoms with Crippen LogP contribution in [0, 0.1) is 0 Å². The molecule has 2 aromatic carbocycles. The summed E-state index contributed by atoms with van der Waals surface area (Å²) in [4.78, 5) is 16.9. The monoisotopic (exact) mass is 491 g/mol. The van der Waals surface area contributed by atoms with Crippen molar-refractivity contribution in [3.63, 3.8) is 0 Å². The third-order valence-electron chi connectivity index (χ3n) is 4.25. The second kappa shape index (κ2) is 11.0. The fourth-order valence-corrected chi connectivity index (χ4v) is 4.68. The minimum absolute atomic E-state index is 0.0500. The van der Waals surface area contributed by atoms with Crippen LogP contribution in [0.4, 0.5) is 10.8 Å². The first-order valence-corrected chi connectivity index (χ1v) is 12.6. The lowest BCUT2D eigenvalue weighted by Crippen LogP contribution is -2.14. The molecule has 0 radical (unpaired) electrons. The second-order valence-electron chi connectivity index (χ2n) is 6.52. The van der Waals surface area contributed by atoms with Gasteiger partial charge in [0.15, 0.2) is 16.6 Å². The summed E-state index contributed by atoms with van der Waals surface area (Å²) in [6.45, 7) is 6.72. The van der Waals surface area contributed by atoms with E-state index >= 15 is 0 Å². The summed E-state index contributed by atoms with van der Waals surface area (Å²) in [5, 5.41) is 4.70. The summed E-state index contributed by atoms with van der Waals surface area (Å²) in [6.07, 6.45) is 1.51. The number of ether oxygens (including phenoxy) is 3. The predicted octanol–water partition coefficient (Wildman–Crippen LogP) is 4.39. The van der Waals surface area contributed by atoms with E-state index in [0.29, 0.717) is 48.3 Å². The molecule has 2 N–H and O–H groups in total. The fraction of sp³-hybridized carbons (Fsp3) is 0.273. The Bertz CT molecular complexity index is 1150. The van der Waals surface area contributed by atoms with Crippen molar-refractivity contribution in [2.75, 3.05) is 29.9 Å². The Labute approximate surface area is 196 Å². The maximum absolute atomic E-state index is 12.9. The Hall–Kier alpha value is -3.31. The van der Waals surface area contributed by atoms with Gasteiger partial charge in [-0.1, -0.05) is 0 Å². The van der Waals surface area contributed by atoms with Crippen molar-refractivity contribution in [1.82, 2.24) is 4.98 Å². The van der Waals surface area contributed by atoms with Crippen LogP contribution >= 0.6 is 11.3 Å². The van der Waals surface area contributed by atoms with Crippen LogP contribution in [0.1, 0.15) is 31.1 Å². The van der Waals surface area contributed by atoms with E-state index < -0.39 is 15.9 Å². The standard InChI is InChI=1S/C22H25N3O6S2/c1-4-29-18-13-15(14-19(30-5-2)20(18)31-6-3)21(26)24-16-7-9-17(10-8-16)33(27,28)25-22-23-11-12-32-22/h7-14H,4-6H2,1-3H3,(H,23,25)(H,24,26). The zero-order valence-electron chi connectivity index (χ0n) is 18.5. The predicted molar refractivity (Wildman–Crippen MR) is 127 cm³/mol. The number of nitrogens with one attached hydrogen (secondary N) is 2. The summed E-state index contributed by atoms with van der Waals surface area (Å²) in [7, 11) is -3.78. The van der Waals surface area contributed by atoms with E-state index in [1.165, 1.54) is 41.8 Å². The molecule has 9 nitrogen and oxygen atoms in total. The molecule has 0 saturated carbocycles. The molecule has 0 bridgehead atoms. The Kier molecular flexibility index (Phi) is 8.12. The molecule has 3 rings (SSSR count). The number of carbonyl (C=O) groups excluding carboxylic acids is 1. The van der Waals surface area contributed by atoms with E-state index in [0.717, 1.165) is 0 Å². The molecule has 0 spiro atoms. The number of anilines is 2. The molecule has 0 aliphatic rings. The maximum Gasteiger partial charge on any atom is 0.263 e. The van der Waals surface area contributed by atoms with Gasteiger partial charge in [0, 0.05) is 22.8 Å². The Morgan fingerprint density at radius 2 is 1.58 bits per heavy atom. The molecule has 0 aliphatic heterocycles. The molecule has 0 aliphatic carbocycles. The molecule has 1 amide bonds. The fourth-order valence-electron chi connectivity index (χ4n) is 2.89. The number of benzene rings is 2. The molecule has 1 aromatic heterocycles. The quantitative estimate of drug-likeness (QED) is 0.409. The molecule has 0 saturated heterocycles. The first kappa shape index (κ1) is 24.3. The van der Waals surface area contributed by atoms with Crippen molar-refractivity contribution in [3.05, 3.63) is 53.5 Å². The van der Waals surface area contributed by atoms with Gasteiger partial charge in [0.1, 0.15) is 0 Å². The number of sulfonamides is 1. The van der Waals surface area contributed by atoms with E-state index in [1.54, 1.807) is 17.5 Å². The van der Waals surface area contributed by atoms with Crippen LogP contribution in [-0.4, -0.2) is 39.1 Å². The minimum atomic E-state index is -3.78. The summed E-state index contributed by atoms with van der Waals surface area (Å²) >= 11 is 1.18. The van der Waals surface area contributed by atoms with E-state index in [-0.39, 0.29) is 10.0 Å². The maximum atomic E-state index is 12.9. The molecule has 0 unspecified atom stereocenters. The number of carbonyl (C=O) groups is 1. The summed E-state index contributed by atoms with van der Waals surface area (Å²) in [5.74, 6) is 0.854. The lowest BCUT2D eigenvalue weighted by molar-refractivity contribution is 0.102. The van der Waals surface area contributed by atoms with E-state index in [4.69, 9.17) is 14.2 Å². The molecule has 0 fully saturated rings. The van der Waals surface area contributed by atoms with Crippen molar-refractivity contribution < 1.29 is 27.4 Å². The van der Waals surface area contributed by atoms with Gasteiger partial charge in [-0.05, 0) is 57.2 Å². The molecule has 0 atom stereocenters. The van der Waals surface area contributed by atoms with Crippen molar-refractivity contribution in [1.29, 1.82) is 0 Å². The number of hydrogen-bond donors (Lipinski definition) is 2. The Morgan fingerprint density at radius 3 is 2.09 bits per heavy atom. The van der Waals surface area contributed by atoms with Gasteiger partial charge in [0.2, 0.25) is 5.75 Å². The highest BCUT2D eigenvalue weighted by Gasteiger charge is 2.19. The van der Waals surface area contributed by atoms with Gasteiger partial charge in [-0.2, -0.15) is 0 Å². The van der Waals surface area contributed by atoms with Gasteiger partial charge in [-0.15, -0.1) is 11.3 Å². The number of amides is 1. The van der Waals surface area contributed by atoms with Crippen LogP contribution in [0.3, 0.4) is 0 Å². The number of hydrogen-bond acceptors (Lipinski definition) is 8. The molecule has 176 valence electrons. The molecule has 33 heavy (non-hydrogen) atoms. The zero-order valence-corrected chi connectivity index (χ0v) is 20.1. The number of nitrogens with zero attached hydrogens (tertiary/aromatic N) is 1. The van der Waals surface area contributed by atoms with Gasteiger partial charge < -0.3 is 19.5 Å². The largest absolute Gasteiger partial charge is 0.490 e. The molecular weight excluding hydrogens is 466 g/mol. The highest BCUT2D eigenvalue weighted by molar-refractivity contribution is 7.93. The zero-order chi connectivity index (χ0) is 23.8. The van der Waals surface area contributed by atoms with Crippen LogP contribution < -0.4 is 24.2 Å². The smallest absolute Gasteiger partial charge is 0.263 e. The number of thiazole rings is 1. The van der Waals surface area contributed by atoms with Crippen molar-refractivity contribution in [2.24, 2.45) is 0 Å². The van der Waals surface area contributed by atoms with Gasteiger partial charge in [0.25, 0.3) is 15.9 Å². The van der Waals surface area contributed by atoms with Crippen LogP contribution in [0.15, 0.2) is 52.9 Å². The Morgan fingerprint density at radius 1 is 0.970 bits per heavy atom. The van der Waals surface area contributed by atoms with Gasteiger partial charge in [-0.25, -0.2) is 13.4 Å².